The van der Waals surface area contributed by atoms with Gasteiger partial charge in [0.05, 0.1) is 24.2 Å². The number of hydrogen-bond donors (Lipinski definition) is 2. The third kappa shape index (κ3) is 3.04. The van der Waals surface area contributed by atoms with Crippen molar-refractivity contribution in [1.29, 1.82) is 0 Å². The van der Waals surface area contributed by atoms with Gasteiger partial charge in [-0.15, -0.1) is 0 Å². The summed E-state index contributed by atoms with van der Waals surface area (Å²) in [6, 6.07) is 8.23. The summed E-state index contributed by atoms with van der Waals surface area (Å²) in [5.41, 5.74) is 16.7. The van der Waals surface area contributed by atoms with Crippen LogP contribution in [0.2, 0.25) is 0 Å². The number of hydrogen-bond acceptors (Lipinski definition) is 5. The third-order valence-corrected chi connectivity index (χ3v) is 4.76. The summed E-state index contributed by atoms with van der Waals surface area (Å²) < 4.78 is 5.21. The minimum Gasteiger partial charge on any atom is -0.497 e. The Morgan fingerprint density at radius 2 is 1.74 bits per heavy atom. The number of nitrogens with two attached hydrogens (primary N) is 2. The number of benzene rings is 1. The van der Waals surface area contributed by atoms with Crippen molar-refractivity contribution in [3.8, 4) is 5.75 Å². The molecule has 0 unspecified atom stereocenters. The number of methoxy groups -OCH3 is 1. The molecule has 5 nitrogen and oxygen atoms in total. The lowest BCUT2D eigenvalue weighted by atomic mass is 9.88. The molecule has 0 radical (unpaired) electrons. The summed E-state index contributed by atoms with van der Waals surface area (Å²) in [6.45, 7) is 3.90. The molecule has 1 aliphatic heterocycles. The lowest BCUT2D eigenvalue weighted by molar-refractivity contribution is 0.414. The van der Waals surface area contributed by atoms with Crippen molar-refractivity contribution in [2.45, 2.75) is 25.7 Å². The first-order valence-electron chi connectivity index (χ1n) is 7.99. The molecule has 0 saturated carbocycles. The van der Waals surface area contributed by atoms with Gasteiger partial charge in [-0.1, -0.05) is 0 Å². The van der Waals surface area contributed by atoms with Gasteiger partial charge in [0.25, 0.3) is 0 Å². The maximum Gasteiger partial charge on any atom is 0.119 e. The van der Waals surface area contributed by atoms with Crippen LogP contribution in [0.15, 0.2) is 30.5 Å². The third-order valence-electron chi connectivity index (χ3n) is 4.76. The monoisotopic (exact) mass is 312 g/mol. The van der Waals surface area contributed by atoms with Crippen molar-refractivity contribution in [1.82, 2.24) is 4.98 Å². The van der Waals surface area contributed by atoms with E-state index in [9.17, 15) is 0 Å². The molecular formula is C18H24N4O. The fourth-order valence-corrected chi connectivity index (χ4v) is 3.22. The SMILES string of the molecule is COc1ccc(N2CCC(c3cnc(C)c(N)c3N)CC2)cc1. The molecule has 0 bridgehead atoms. The first-order chi connectivity index (χ1) is 11.1. The van der Waals surface area contributed by atoms with Crippen LogP contribution in [0.1, 0.15) is 30.0 Å². The first-order valence-corrected chi connectivity index (χ1v) is 7.99. The van der Waals surface area contributed by atoms with Gasteiger partial charge < -0.3 is 21.1 Å². The van der Waals surface area contributed by atoms with Crippen LogP contribution in [0.5, 0.6) is 5.75 Å². The smallest absolute Gasteiger partial charge is 0.119 e. The molecule has 0 spiro atoms. The van der Waals surface area contributed by atoms with Gasteiger partial charge >= 0.3 is 0 Å². The predicted molar refractivity (Wildman–Crippen MR) is 95.0 cm³/mol. The molecule has 3 rings (SSSR count). The van der Waals surface area contributed by atoms with E-state index in [0.29, 0.717) is 17.3 Å². The highest BCUT2D eigenvalue weighted by Gasteiger charge is 2.23. The minimum atomic E-state index is 0.430. The van der Waals surface area contributed by atoms with Gasteiger partial charge in [-0.2, -0.15) is 0 Å². The second-order valence-electron chi connectivity index (χ2n) is 6.09. The Hall–Kier alpha value is -2.43. The zero-order valence-corrected chi connectivity index (χ0v) is 13.7. The second kappa shape index (κ2) is 6.36. The summed E-state index contributed by atoms with van der Waals surface area (Å²) in [5.74, 6) is 1.32. The van der Waals surface area contributed by atoms with E-state index in [2.05, 4.69) is 22.0 Å². The molecular weight excluding hydrogens is 288 g/mol. The number of nitrogens with zero attached hydrogens (tertiary/aromatic N) is 2. The maximum absolute atomic E-state index is 6.20. The first kappa shape index (κ1) is 15.5. The Morgan fingerprint density at radius 3 is 2.35 bits per heavy atom. The highest BCUT2D eigenvalue weighted by atomic mass is 16.5. The van der Waals surface area contributed by atoms with Gasteiger partial charge in [-0.25, -0.2) is 0 Å². The van der Waals surface area contributed by atoms with E-state index in [1.807, 2.05) is 25.3 Å². The molecule has 4 N–H and O–H groups in total. The van der Waals surface area contributed by atoms with Crippen LogP contribution in [0, 0.1) is 6.92 Å². The molecule has 122 valence electrons. The second-order valence-corrected chi connectivity index (χ2v) is 6.09. The highest BCUT2D eigenvalue weighted by Crippen LogP contribution is 2.35. The Bertz CT molecular complexity index is 676. The molecule has 2 heterocycles. The van der Waals surface area contributed by atoms with E-state index < -0.39 is 0 Å². The van der Waals surface area contributed by atoms with Crippen LogP contribution in [0.4, 0.5) is 17.1 Å². The topological polar surface area (TPSA) is 77.4 Å². The molecule has 0 amide bonds. The molecule has 1 aromatic carbocycles. The average Bonchev–Trinajstić information content (AvgIpc) is 2.60. The fraction of sp³-hybridized carbons (Fsp3) is 0.389. The van der Waals surface area contributed by atoms with Crippen LogP contribution >= 0.6 is 0 Å². The number of anilines is 3. The lowest BCUT2D eigenvalue weighted by Crippen LogP contribution is -2.33. The maximum atomic E-state index is 6.20. The number of piperidine rings is 1. The minimum absolute atomic E-state index is 0.430. The van der Waals surface area contributed by atoms with Crippen molar-refractivity contribution in [3.63, 3.8) is 0 Å². The number of aromatic nitrogens is 1. The van der Waals surface area contributed by atoms with E-state index in [-0.39, 0.29) is 0 Å². The lowest BCUT2D eigenvalue weighted by Gasteiger charge is -2.34. The Labute approximate surface area is 137 Å². The van der Waals surface area contributed by atoms with Crippen LogP contribution in [0.3, 0.4) is 0 Å². The van der Waals surface area contributed by atoms with E-state index in [1.165, 1.54) is 5.69 Å². The molecule has 23 heavy (non-hydrogen) atoms. The normalized spacial score (nSPS) is 15.7. The standard InChI is InChI=1S/C18H24N4O/c1-12-17(19)18(20)16(11-21-12)13-7-9-22(10-8-13)14-3-5-15(23-2)6-4-14/h3-6,11,13H,7-10,19H2,1-2H3,(H2,20,21). The number of nitrogen functional groups attached to an aromatic ring is 2. The van der Waals surface area contributed by atoms with Crippen molar-refractivity contribution in [2.75, 3.05) is 36.6 Å². The summed E-state index contributed by atoms with van der Waals surface area (Å²) in [4.78, 5) is 6.78. The zero-order chi connectivity index (χ0) is 16.4. The molecule has 1 aromatic heterocycles. The van der Waals surface area contributed by atoms with E-state index >= 15 is 0 Å². The van der Waals surface area contributed by atoms with Crippen molar-refractivity contribution < 1.29 is 4.74 Å². The van der Waals surface area contributed by atoms with Crippen molar-refractivity contribution >= 4 is 17.1 Å². The Kier molecular flexibility index (Phi) is 4.28. The number of rotatable bonds is 3. The summed E-state index contributed by atoms with van der Waals surface area (Å²) in [6.07, 6.45) is 4.01. The average molecular weight is 312 g/mol. The van der Waals surface area contributed by atoms with Crippen molar-refractivity contribution in [3.05, 3.63) is 41.7 Å². The quantitative estimate of drug-likeness (QED) is 0.911. The molecule has 1 aliphatic rings. The van der Waals surface area contributed by atoms with Gasteiger partial charge in [-0.3, -0.25) is 4.98 Å². The van der Waals surface area contributed by atoms with Gasteiger partial charge in [0.2, 0.25) is 0 Å². The van der Waals surface area contributed by atoms with Crippen LogP contribution in [-0.2, 0) is 0 Å². The molecule has 0 aliphatic carbocycles. The predicted octanol–water partition coefficient (Wildman–Crippen LogP) is 2.95. The summed E-state index contributed by atoms with van der Waals surface area (Å²) in [7, 11) is 1.69. The summed E-state index contributed by atoms with van der Waals surface area (Å²) >= 11 is 0. The Balaban J connectivity index is 1.69. The Morgan fingerprint density at radius 1 is 1.09 bits per heavy atom. The fourth-order valence-electron chi connectivity index (χ4n) is 3.22. The molecule has 1 saturated heterocycles. The number of aryl methyl sites for hydroxylation is 1. The molecule has 5 heteroatoms. The van der Waals surface area contributed by atoms with Crippen LogP contribution in [0.25, 0.3) is 0 Å². The van der Waals surface area contributed by atoms with Gasteiger partial charge in [0.15, 0.2) is 0 Å². The molecule has 0 atom stereocenters. The molecule has 1 fully saturated rings. The van der Waals surface area contributed by atoms with Gasteiger partial charge in [0, 0.05) is 25.0 Å². The van der Waals surface area contributed by atoms with Crippen LogP contribution in [-0.4, -0.2) is 25.2 Å². The number of ether oxygens (including phenoxy) is 1. The number of pyridine rings is 1. The van der Waals surface area contributed by atoms with Gasteiger partial charge in [-0.05, 0) is 55.5 Å². The summed E-state index contributed by atoms with van der Waals surface area (Å²) in [5, 5.41) is 0. The van der Waals surface area contributed by atoms with Crippen molar-refractivity contribution in [2.24, 2.45) is 0 Å². The molecule has 2 aromatic rings. The van der Waals surface area contributed by atoms with E-state index in [1.54, 1.807) is 7.11 Å². The van der Waals surface area contributed by atoms with E-state index in [4.69, 9.17) is 16.2 Å². The van der Waals surface area contributed by atoms with E-state index in [0.717, 1.165) is 42.9 Å². The largest absolute Gasteiger partial charge is 0.497 e. The van der Waals surface area contributed by atoms with Gasteiger partial charge in [0.1, 0.15) is 5.75 Å². The zero-order valence-electron chi connectivity index (χ0n) is 13.7. The van der Waals surface area contributed by atoms with Crippen LogP contribution < -0.4 is 21.1 Å². The highest BCUT2D eigenvalue weighted by molar-refractivity contribution is 5.69.